The van der Waals surface area contributed by atoms with E-state index in [-0.39, 0.29) is 18.4 Å². The Morgan fingerprint density at radius 3 is 2.63 bits per heavy atom. The fourth-order valence-electron chi connectivity index (χ4n) is 3.98. The Kier molecular flexibility index (Phi) is 7.77. The fourth-order valence-corrected chi connectivity index (χ4v) is 6.33. The number of thioether (sulfide) groups is 1. The zero-order valence-corrected chi connectivity index (χ0v) is 21.2. The highest BCUT2D eigenvalue weighted by molar-refractivity contribution is 8.00. The van der Waals surface area contributed by atoms with E-state index in [0.29, 0.717) is 35.8 Å². The minimum atomic E-state index is -0.569. The first-order valence-electron chi connectivity index (χ1n) is 11.3. The van der Waals surface area contributed by atoms with Crippen molar-refractivity contribution in [1.29, 1.82) is 0 Å². The standard InChI is InChI=1S/C26H27N3O4S2/c1-3-33-26(32)22-20-12-13-29(16(2)30)15-21(20)35-25(22)28-24(31)23(17-8-5-4-6-9-17)34-19-11-7-10-18(27)14-19/h4-11,14,23H,3,12-13,15,27H2,1-2H3,(H,28,31). The molecule has 2 heterocycles. The summed E-state index contributed by atoms with van der Waals surface area (Å²) >= 11 is 2.72. The van der Waals surface area contributed by atoms with E-state index in [2.05, 4.69) is 5.32 Å². The Labute approximate surface area is 212 Å². The Hall–Kier alpha value is -3.30. The van der Waals surface area contributed by atoms with Crippen molar-refractivity contribution in [2.75, 3.05) is 24.2 Å². The summed E-state index contributed by atoms with van der Waals surface area (Å²) in [4.78, 5) is 42.0. The van der Waals surface area contributed by atoms with Crippen molar-refractivity contribution in [3.8, 4) is 0 Å². The first-order chi connectivity index (χ1) is 16.9. The van der Waals surface area contributed by atoms with Gasteiger partial charge in [-0.3, -0.25) is 9.59 Å². The molecule has 35 heavy (non-hydrogen) atoms. The van der Waals surface area contributed by atoms with Crippen LogP contribution >= 0.6 is 23.1 Å². The summed E-state index contributed by atoms with van der Waals surface area (Å²) < 4.78 is 5.32. The maximum atomic E-state index is 13.6. The van der Waals surface area contributed by atoms with Crippen LogP contribution in [-0.2, 0) is 27.3 Å². The number of carbonyl (C=O) groups is 3. The number of nitrogens with two attached hydrogens (primary N) is 1. The van der Waals surface area contributed by atoms with Crippen LogP contribution in [0.25, 0.3) is 0 Å². The molecule has 9 heteroatoms. The summed E-state index contributed by atoms with van der Waals surface area (Å²) in [5.41, 5.74) is 8.64. The van der Waals surface area contributed by atoms with Gasteiger partial charge in [0.15, 0.2) is 0 Å². The van der Waals surface area contributed by atoms with Gasteiger partial charge < -0.3 is 20.7 Å². The number of anilines is 2. The first kappa shape index (κ1) is 24.8. The summed E-state index contributed by atoms with van der Waals surface area (Å²) in [5.74, 6) is -0.734. The molecule has 4 rings (SSSR count). The lowest BCUT2D eigenvalue weighted by Gasteiger charge is -2.25. The van der Waals surface area contributed by atoms with E-state index in [1.807, 2.05) is 48.5 Å². The van der Waals surface area contributed by atoms with E-state index in [1.165, 1.54) is 30.0 Å². The van der Waals surface area contributed by atoms with Crippen LogP contribution in [0.3, 0.4) is 0 Å². The van der Waals surface area contributed by atoms with Crippen LogP contribution in [0.5, 0.6) is 0 Å². The van der Waals surface area contributed by atoms with E-state index in [4.69, 9.17) is 10.5 Å². The van der Waals surface area contributed by atoms with E-state index in [9.17, 15) is 14.4 Å². The molecule has 1 unspecified atom stereocenters. The van der Waals surface area contributed by atoms with Crippen LogP contribution in [0.2, 0.25) is 0 Å². The summed E-state index contributed by atoms with van der Waals surface area (Å²) in [5, 5.41) is 2.90. The van der Waals surface area contributed by atoms with Crippen LogP contribution in [0, 0.1) is 0 Å². The van der Waals surface area contributed by atoms with Gasteiger partial charge in [0.2, 0.25) is 11.8 Å². The number of nitrogens with zero attached hydrogens (tertiary/aromatic N) is 1. The molecule has 0 aliphatic carbocycles. The predicted molar refractivity (Wildman–Crippen MR) is 140 cm³/mol. The molecule has 0 spiro atoms. The third kappa shape index (κ3) is 5.68. The normalized spacial score (nSPS) is 13.6. The second-order valence-corrected chi connectivity index (χ2v) is 10.4. The molecule has 1 aromatic heterocycles. The third-order valence-electron chi connectivity index (χ3n) is 5.67. The number of fused-ring (bicyclic) bond motifs is 1. The molecule has 182 valence electrons. The van der Waals surface area contributed by atoms with Gasteiger partial charge in [0.1, 0.15) is 10.3 Å². The van der Waals surface area contributed by atoms with Crippen LogP contribution in [-0.4, -0.2) is 35.8 Å². The molecule has 0 saturated carbocycles. The second kappa shape index (κ2) is 11.0. The summed E-state index contributed by atoms with van der Waals surface area (Å²) in [7, 11) is 0. The van der Waals surface area contributed by atoms with Gasteiger partial charge in [0, 0.05) is 28.9 Å². The van der Waals surface area contributed by atoms with Gasteiger partial charge in [0.05, 0.1) is 18.7 Å². The molecule has 2 amide bonds. The lowest BCUT2D eigenvalue weighted by molar-refractivity contribution is -0.129. The largest absolute Gasteiger partial charge is 0.462 e. The molecule has 1 atom stereocenters. The highest BCUT2D eigenvalue weighted by Gasteiger charge is 2.32. The van der Waals surface area contributed by atoms with Crippen molar-refractivity contribution in [3.63, 3.8) is 0 Å². The number of nitrogens with one attached hydrogen (secondary N) is 1. The number of nitrogen functional groups attached to an aromatic ring is 1. The van der Waals surface area contributed by atoms with E-state index in [1.54, 1.807) is 17.9 Å². The molecule has 1 aliphatic heterocycles. The number of esters is 1. The van der Waals surface area contributed by atoms with Crippen molar-refractivity contribution in [3.05, 3.63) is 76.2 Å². The van der Waals surface area contributed by atoms with Gasteiger partial charge in [0.25, 0.3) is 0 Å². The number of thiophene rings is 1. The molecule has 3 N–H and O–H groups in total. The molecule has 0 radical (unpaired) electrons. The molecule has 1 aliphatic rings. The van der Waals surface area contributed by atoms with E-state index in [0.717, 1.165) is 20.9 Å². The van der Waals surface area contributed by atoms with E-state index < -0.39 is 11.2 Å². The first-order valence-corrected chi connectivity index (χ1v) is 13.0. The monoisotopic (exact) mass is 509 g/mol. The number of benzene rings is 2. The van der Waals surface area contributed by atoms with Crippen molar-refractivity contribution in [2.24, 2.45) is 0 Å². The maximum Gasteiger partial charge on any atom is 0.341 e. The number of ether oxygens (including phenoxy) is 1. The minimum Gasteiger partial charge on any atom is -0.462 e. The van der Waals surface area contributed by atoms with E-state index >= 15 is 0 Å². The SMILES string of the molecule is CCOC(=O)c1c(NC(=O)C(Sc2cccc(N)c2)c2ccccc2)sc2c1CCN(C(C)=O)C2. The molecule has 0 saturated heterocycles. The van der Waals surface area contributed by atoms with Crippen LogP contribution in [0.15, 0.2) is 59.5 Å². The Balaban J connectivity index is 1.68. The number of hydrogen-bond donors (Lipinski definition) is 2. The van der Waals surface area contributed by atoms with Gasteiger partial charge in [-0.2, -0.15) is 0 Å². The van der Waals surface area contributed by atoms with Crippen molar-refractivity contribution in [1.82, 2.24) is 4.90 Å². The summed E-state index contributed by atoms with van der Waals surface area (Å²) in [6.45, 7) is 4.45. The topological polar surface area (TPSA) is 102 Å². The zero-order chi connectivity index (χ0) is 24.9. The molecule has 7 nitrogen and oxygen atoms in total. The number of amides is 2. The lowest BCUT2D eigenvalue weighted by atomic mass is 10.0. The molecule has 0 bridgehead atoms. The van der Waals surface area contributed by atoms with Crippen molar-refractivity contribution < 1.29 is 19.1 Å². The number of rotatable bonds is 7. The zero-order valence-electron chi connectivity index (χ0n) is 19.6. The quantitative estimate of drug-likeness (QED) is 0.267. The summed E-state index contributed by atoms with van der Waals surface area (Å²) in [6, 6.07) is 16.9. The van der Waals surface area contributed by atoms with Gasteiger partial charge in [-0.15, -0.1) is 23.1 Å². The molecule has 2 aromatic carbocycles. The fraction of sp³-hybridized carbons (Fsp3) is 0.269. The average molecular weight is 510 g/mol. The Morgan fingerprint density at radius 1 is 1.17 bits per heavy atom. The number of hydrogen-bond acceptors (Lipinski definition) is 7. The molecular formula is C26H27N3O4S2. The highest BCUT2D eigenvalue weighted by atomic mass is 32.2. The van der Waals surface area contributed by atoms with Crippen LogP contribution < -0.4 is 11.1 Å². The van der Waals surface area contributed by atoms with Crippen molar-refractivity contribution in [2.45, 2.75) is 37.0 Å². The van der Waals surface area contributed by atoms with Gasteiger partial charge in [-0.05, 0) is 42.7 Å². The average Bonchev–Trinajstić information content (AvgIpc) is 3.20. The molecule has 3 aromatic rings. The number of carbonyl (C=O) groups excluding carboxylic acids is 3. The molecule has 0 fully saturated rings. The maximum absolute atomic E-state index is 13.6. The molecular weight excluding hydrogens is 482 g/mol. The van der Waals surface area contributed by atoms with Crippen molar-refractivity contribution >= 4 is 51.6 Å². The highest BCUT2D eigenvalue weighted by Crippen LogP contribution is 2.41. The second-order valence-electron chi connectivity index (χ2n) is 8.09. The smallest absolute Gasteiger partial charge is 0.341 e. The summed E-state index contributed by atoms with van der Waals surface area (Å²) in [6.07, 6.45) is 0.537. The third-order valence-corrected chi connectivity index (χ3v) is 8.05. The predicted octanol–water partition coefficient (Wildman–Crippen LogP) is 4.88. The Bertz CT molecular complexity index is 1240. The van der Waals surface area contributed by atoms with Gasteiger partial charge in [-0.25, -0.2) is 4.79 Å². The van der Waals surface area contributed by atoms with Gasteiger partial charge in [-0.1, -0.05) is 36.4 Å². The minimum absolute atomic E-state index is 0.0185. The van der Waals surface area contributed by atoms with Crippen LogP contribution in [0.4, 0.5) is 10.7 Å². The lowest BCUT2D eigenvalue weighted by Crippen LogP contribution is -2.34. The van der Waals surface area contributed by atoms with Gasteiger partial charge >= 0.3 is 5.97 Å². The Morgan fingerprint density at radius 2 is 1.94 bits per heavy atom. The van der Waals surface area contributed by atoms with Crippen LogP contribution in [0.1, 0.15) is 45.5 Å².